The fourth-order valence-corrected chi connectivity index (χ4v) is 28.7. The molecule has 8 saturated carbocycles. The molecule has 19 heteroatoms. The van der Waals surface area contributed by atoms with Gasteiger partial charge in [0, 0.05) is 36.6 Å². The van der Waals surface area contributed by atoms with Gasteiger partial charge in [-0.2, -0.15) is 5.26 Å². The van der Waals surface area contributed by atoms with Crippen LogP contribution in [0.4, 0.5) is 0 Å². The fraction of sp³-hybridized carbons (Fsp3) is 0.696. The van der Waals surface area contributed by atoms with Gasteiger partial charge in [0.05, 0.1) is 0 Å². The van der Waals surface area contributed by atoms with Gasteiger partial charge in [-0.15, -0.1) is 0 Å². The second kappa shape index (κ2) is 29.4. The zero-order valence-corrected chi connectivity index (χ0v) is 68.4. The Bertz CT molecular complexity index is 4230. The van der Waals surface area contributed by atoms with Crippen molar-refractivity contribution >= 4 is 29.8 Å². The van der Waals surface area contributed by atoms with Crippen molar-refractivity contribution < 1.29 is 64.1 Å². The quantitative estimate of drug-likeness (QED) is 0.0524. The SMILES string of the molecule is C=C(C)[C@@H]1CC[C@]2(NC[C@H](O)C(=O)O)CC[C@]3(C)[C@H](CC[C@@H]4[C@@]5(C)CC=C(C6=CC[C@](COc7ncccc7C#N)(C(=O)O)CC6)C(C)(C)[C@@H]5CC[C@]43C)[C@@H]12.C=C(C)[C@@H]1CC[C@]2(NC[C@H](O)C(=O)O)CC[C@]3(C)[C@H](CC[C@@H]4[C@@]5(C)CC=C(C6=CC[C@](COc7ncccc7C(N)=O)(C(=O)O)CC6)C(C)(C)[C@@H]5CC[C@]43C)[C@@H]12. The molecule has 0 bridgehead atoms. The number of β-amino-alcohol motifs (C(OH)–C–C–N with tert-alkyl or cyclic N) is 2. The van der Waals surface area contributed by atoms with Crippen LogP contribution < -0.4 is 25.8 Å². The number of carboxylic acid groups (broad SMARTS) is 4. The van der Waals surface area contributed by atoms with Gasteiger partial charge in [0.1, 0.15) is 41.2 Å². The van der Waals surface area contributed by atoms with Crippen molar-refractivity contribution in [2.75, 3.05) is 26.3 Å². The molecule has 14 rings (SSSR count). The van der Waals surface area contributed by atoms with Crippen LogP contribution in [0.15, 0.2) is 108 Å². The molecule has 0 aliphatic heterocycles. The highest BCUT2D eigenvalue weighted by atomic mass is 16.5. The Balaban J connectivity index is 0.000000195. The molecular formula is C92H128N6O13. The number of primary amides is 1. The van der Waals surface area contributed by atoms with Crippen LogP contribution in [0.2, 0.25) is 0 Å². The lowest BCUT2D eigenvalue weighted by atomic mass is 9.33. The van der Waals surface area contributed by atoms with E-state index in [4.69, 9.17) is 15.2 Å². The van der Waals surface area contributed by atoms with Crippen molar-refractivity contribution in [2.24, 2.45) is 119 Å². The maximum atomic E-state index is 12.8. The third kappa shape index (κ3) is 13.1. The molecule has 0 saturated heterocycles. The van der Waals surface area contributed by atoms with Gasteiger partial charge in [-0.3, -0.25) is 14.4 Å². The number of amides is 1. The van der Waals surface area contributed by atoms with Crippen LogP contribution in [-0.2, 0) is 19.2 Å². The van der Waals surface area contributed by atoms with E-state index in [1.54, 1.807) is 24.4 Å². The van der Waals surface area contributed by atoms with Crippen LogP contribution in [0.1, 0.15) is 253 Å². The molecule has 0 radical (unpaired) electrons. The largest absolute Gasteiger partial charge is 0.481 e. The predicted molar refractivity (Wildman–Crippen MR) is 425 cm³/mol. The zero-order chi connectivity index (χ0) is 80.4. The van der Waals surface area contributed by atoms with E-state index >= 15 is 0 Å². The van der Waals surface area contributed by atoms with Gasteiger partial charge in [0.15, 0.2) is 12.2 Å². The minimum Gasteiger partial charge on any atom is -0.481 e. The summed E-state index contributed by atoms with van der Waals surface area (Å²) < 4.78 is 11.8. The number of nitrogens with one attached hydrogen (secondary N) is 2. The van der Waals surface area contributed by atoms with E-state index in [0.29, 0.717) is 103 Å². The van der Waals surface area contributed by atoms with Crippen molar-refractivity contribution in [1.82, 2.24) is 20.6 Å². The summed E-state index contributed by atoms with van der Waals surface area (Å²) in [7, 11) is 0. The number of nitriles is 1. The summed E-state index contributed by atoms with van der Waals surface area (Å²) in [5.41, 5.74) is 11.8. The number of hydrogen-bond donors (Lipinski definition) is 9. The molecule has 111 heavy (non-hydrogen) atoms. The molecule has 1 amide bonds. The molecule has 0 spiro atoms. The number of aromatic nitrogens is 2. The molecule has 12 aliphatic rings. The fourth-order valence-electron chi connectivity index (χ4n) is 28.7. The number of aliphatic hydroxyl groups excluding tert-OH is 2. The van der Waals surface area contributed by atoms with Crippen LogP contribution in [0, 0.1) is 125 Å². The summed E-state index contributed by atoms with van der Waals surface area (Å²) in [4.78, 5) is 69.0. The van der Waals surface area contributed by atoms with E-state index < -0.39 is 52.8 Å². The lowest BCUT2D eigenvalue weighted by molar-refractivity contribution is -0.221. The number of aliphatic hydroxyl groups is 2. The molecular weight excluding hydrogens is 1400 g/mol. The highest BCUT2D eigenvalue weighted by molar-refractivity contribution is 5.95. The highest BCUT2D eigenvalue weighted by Crippen LogP contribution is 2.79. The van der Waals surface area contributed by atoms with Crippen molar-refractivity contribution in [3.8, 4) is 17.8 Å². The molecule has 10 N–H and O–H groups in total. The van der Waals surface area contributed by atoms with Crippen LogP contribution in [-0.4, -0.2) is 120 Å². The molecule has 22 atom stereocenters. The number of nitrogens with two attached hydrogens (primary N) is 1. The lowest BCUT2D eigenvalue weighted by Gasteiger charge is -2.72. The Labute approximate surface area is 658 Å². The van der Waals surface area contributed by atoms with E-state index in [1.165, 1.54) is 71.4 Å². The first-order valence-corrected chi connectivity index (χ1v) is 41.9. The number of hydrogen-bond acceptors (Lipinski definition) is 14. The van der Waals surface area contributed by atoms with Gasteiger partial charge < -0.3 is 56.5 Å². The Kier molecular flexibility index (Phi) is 21.7. The first kappa shape index (κ1) is 82.0. The second-order valence-corrected chi connectivity index (χ2v) is 40.0. The standard InChI is InChI=1S/C46H65N3O7.C46H63N3O6/c1-27(2)29-14-21-46(49-25-33(50)39(52)53)23-22-43(6)32(36(29)46)10-11-35-42(5)17-15-31(41(3,4)34(42)16-18-44(35,43)7)28-12-19-45(20-13-28,40(54)55)26-56-38-30(37(47)51)9-8-24-48-38;1-28(2)31-14-21-46(49-26-34(50)39(51)52)23-22-43(6)33(37(31)46)10-11-36-42(5)17-15-32(41(3,4)35(42)16-18-44(36,43)7)29-12-19-45(20-13-29,40(53)54)27-55-38-30(25-47)9-8-24-48-38/h8-9,12,15,24,29,32-36,49-50H,1,10-11,13-14,16-23,25-26H2,2-7H3,(H2,47,51)(H,52,53)(H,54,55);8-9,12,15,24,31,33-37,49-50H,1,10-11,13-14,16-23,26-27H2,2-7H3,(H,51,52)(H,53,54)/t29-,32+,33-,34-,35+,36+,42-,43+,44+,45-,46-;31-,33+,34-,35-,36+,37+,42-,43+,44+,45-,46-/m00/s1. The van der Waals surface area contributed by atoms with Gasteiger partial charge in [0.25, 0.3) is 5.91 Å². The minimum absolute atomic E-state index is 0.0313. The molecule has 0 unspecified atom stereocenters. The number of rotatable bonds is 21. The van der Waals surface area contributed by atoms with Crippen molar-refractivity contribution in [1.29, 1.82) is 5.26 Å². The van der Waals surface area contributed by atoms with Crippen molar-refractivity contribution in [2.45, 2.75) is 260 Å². The van der Waals surface area contributed by atoms with E-state index in [1.807, 2.05) is 0 Å². The topological polar surface area (TPSA) is 325 Å². The predicted octanol–water partition coefficient (Wildman–Crippen LogP) is 16.2. The summed E-state index contributed by atoms with van der Waals surface area (Å²) in [6.45, 7) is 38.7. The maximum Gasteiger partial charge on any atom is 0.333 e. The number of carbonyl (C=O) groups is 5. The van der Waals surface area contributed by atoms with Crippen LogP contribution in [0.3, 0.4) is 0 Å². The smallest absolute Gasteiger partial charge is 0.333 e. The van der Waals surface area contributed by atoms with Crippen LogP contribution >= 0.6 is 0 Å². The van der Waals surface area contributed by atoms with Crippen molar-refractivity contribution in [3.05, 3.63) is 119 Å². The number of ether oxygens (including phenoxy) is 2. The average Bonchev–Trinajstić information content (AvgIpc) is 1.63. The number of carboxylic acids is 4. The molecule has 2 heterocycles. The third-order valence-electron chi connectivity index (χ3n) is 34.9. The molecule has 2 aromatic rings. The second-order valence-electron chi connectivity index (χ2n) is 40.0. The van der Waals surface area contributed by atoms with E-state index in [0.717, 1.165) is 89.9 Å². The Morgan fingerprint density at radius 3 is 1.32 bits per heavy atom. The zero-order valence-electron chi connectivity index (χ0n) is 68.4. The number of fused-ring (bicyclic) bond motifs is 14. The molecule has 2 aromatic heterocycles. The number of aliphatic carboxylic acids is 4. The molecule has 12 aliphatic carbocycles. The van der Waals surface area contributed by atoms with Crippen LogP contribution in [0.25, 0.3) is 0 Å². The number of carbonyl (C=O) groups excluding carboxylic acids is 1. The van der Waals surface area contributed by atoms with E-state index in [9.17, 15) is 59.9 Å². The third-order valence-corrected chi connectivity index (χ3v) is 34.9. The van der Waals surface area contributed by atoms with Gasteiger partial charge in [-0.05, 0) is 317 Å². The lowest BCUT2D eigenvalue weighted by Crippen LogP contribution is -2.68. The summed E-state index contributed by atoms with van der Waals surface area (Å²) in [6, 6.07) is 8.53. The maximum absolute atomic E-state index is 12.8. The molecule has 8 fully saturated rings. The summed E-state index contributed by atoms with van der Waals surface area (Å²) in [6.07, 6.45) is 32.2. The van der Waals surface area contributed by atoms with Crippen LogP contribution in [0.5, 0.6) is 11.8 Å². The monoisotopic (exact) mass is 1520 g/mol. The van der Waals surface area contributed by atoms with Crippen molar-refractivity contribution in [3.63, 3.8) is 0 Å². The number of pyridine rings is 2. The van der Waals surface area contributed by atoms with E-state index in [-0.39, 0.29) is 98.0 Å². The normalized spacial score (nSPS) is 40.6. The molecule has 604 valence electrons. The number of nitrogens with zero attached hydrogens (tertiary/aromatic N) is 3. The van der Waals surface area contributed by atoms with Gasteiger partial charge in [0.2, 0.25) is 11.8 Å². The summed E-state index contributed by atoms with van der Waals surface area (Å²) in [5, 5.41) is 77.4. The highest BCUT2D eigenvalue weighted by Gasteiger charge is 2.73. The Morgan fingerprint density at radius 1 is 0.532 bits per heavy atom. The molecule has 0 aromatic carbocycles. The minimum atomic E-state index is -1.41. The Morgan fingerprint density at radius 2 is 0.946 bits per heavy atom. The first-order valence-electron chi connectivity index (χ1n) is 41.9. The first-order chi connectivity index (χ1) is 52.2. The molecule has 19 nitrogen and oxygen atoms in total. The van der Waals surface area contributed by atoms with Gasteiger partial charge in [-0.1, -0.05) is 118 Å². The summed E-state index contributed by atoms with van der Waals surface area (Å²) >= 11 is 0. The summed E-state index contributed by atoms with van der Waals surface area (Å²) in [5.74, 6) is 0.0714. The van der Waals surface area contributed by atoms with Gasteiger partial charge >= 0.3 is 23.9 Å². The van der Waals surface area contributed by atoms with Gasteiger partial charge in [-0.25, -0.2) is 19.6 Å². The average molecular weight is 1530 g/mol. The number of allylic oxidation sites excluding steroid dienone is 10. The Hall–Kier alpha value is -6.98. The van der Waals surface area contributed by atoms with E-state index in [2.05, 4.69) is 147 Å².